The van der Waals surface area contributed by atoms with E-state index in [0.29, 0.717) is 125 Å². The van der Waals surface area contributed by atoms with Crippen LogP contribution in [0, 0.1) is 0 Å². The number of carbonyl (C=O) groups is 4. The van der Waals surface area contributed by atoms with Gasteiger partial charge in [0.2, 0.25) is 11.8 Å². The summed E-state index contributed by atoms with van der Waals surface area (Å²) in [5, 5.41) is 5.17. The van der Waals surface area contributed by atoms with Gasteiger partial charge in [0.05, 0.1) is 106 Å². The van der Waals surface area contributed by atoms with Crippen molar-refractivity contribution in [2.45, 2.75) is 12.8 Å². The van der Waals surface area contributed by atoms with Gasteiger partial charge >= 0.3 is 0 Å². The second-order valence-corrected chi connectivity index (χ2v) is 7.74. The molecule has 0 saturated carbocycles. The van der Waals surface area contributed by atoms with E-state index in [9.17, 15) is 19.2 Å². The molecule has 232 valence electrons. The highest BCUT2D eigenvalue weighted by Gasteiger charge is 2.02. The largest absolute Gasteiger partial charge is 0.379 e. The minimum Gasteiger partial charge on any atom is -0.379 e. The molecule has 0 aliphatic heterocycles. The number of rotatable bonds is 32. The van der Waals surface area contributed by atoms with E-state index in [0.717, 1.165) is 18.4 Å². The number of aldehydes is 2. The van der Waals surface area contributed by atoms with Crippen LogP contribution in [0.25, 0.3) is 0 Å². The van der Waals surface area contributed by atoms with Crippen molar-refractivity contribution >= 4 is 24.4 Å². The Morgan fingerprint density at radius 2 is 0.900 bits per heavy atom. The molecular weight excluding hydrogens is 532 g/mol. The van der Waals surface area contributed by atoms with Gasteiger partial charge in [0.1, 0.15) is 12.6 Å². The molecule has 0 atom stereocenters. The maximum atomic E-state index is 11.6. The van der Waals surface area contributed by atoms with Crippen molar-refractivity contribution in [3.05, 3.63) is 12.2 Å². The summed E-state index contributed by atoms with van der Waals surface area (Å²) in [6, 6.07) is 0. The SMILES string of the molecule is O=C/C=C\C(=O)NCCC(=O)NCCOCCOCCOCCOCCOCCOCCOCCOCCC=O. The predicted octanol–water partition coefficient (Wildman–Crippen LogP) is -0.914. The van der Waals surface area contributed by atoms with Gasteiger partial charge in [-0.2, -0.15) is 0 Å². The average molecular weight is 579 g/mol. The molecule has 2 amide bonds. The first-order chi connectivity index (χ1) is 19.7. The smallest absolute Gasteiger partial charge is 0.244 e. The molecule has 2 N–H and O–H groups in total. The number of hydrogen-bond donors (Lipinski definition) is 2. The standard InChI is InChI=1S/C26H46N2O12/c29-7-1-3-25(31)27-5-4-26(32)28-6-10-34-12-14-36-16-18-38-20-22-40-24-23-39-21-19-37-17-15-35-13-11-33-9-2-8-30/h1,3,7-8H,2,4-6,9-24H2,(H,27,31)(H,28,32)/b3-1-. The van der Waals surface area contributed by atoms with E-state index in [1.807, 2.05) is 0 Å². The summed E-state index contributed by atoms with van der Waals surface area (Å²) in [6.07, 6.45) is 4.05. The third-order valence-electron chi connectivity index (χ3n) is 4.53. The Morgan fingerprint density at radius 3 is 1.30 bits per heavy atom. The Bertz CT molecular complexity index is 637. The zero-order valence-electron chi connectivity index (χ0n) is 23.4. The Morgan fingerprint density at radius 1 is 0.500 bits per heavy atom. The van der Waals surface area contributed by atoms with Gasteiger partial charge in [0.15, 0.2) is 0 Å². The number of allylic oxidation sites excluding steroid dienone is 1. The van der Waals surface area contributed by atoms with Crippen LogP contribution in [0.15, 0.2) is 12.2 Å². The molecule has 0 rings (SSSR count). The summed E-state index contributed by atoms with van der Waals surface area (Å²) in [5.74, 6) is -0.628. The number of hydrogen-bond acceptors (Lipinski definition) is 12. The van der Waals surface area contributed by atoms with Crippen LogP contribution in [-0.4, -0.2) is 143 Å². The zero-order chi connectivity index (χ0) is 29.2. The molecule has 0 aromatic carbocycles. The number of ether oxygens (including phenoxy) is 8. The Hall–Kier alpha value is -2.30. The second kappa shape index (κ2) is 32.9. The van der Waals surface area contributed by atoms with E-state index in [1.54, 1.807) is 0 Å². The maximum Gasteiger partial charge on any atom is 0.244 e. The molecule has 14 nitrogen and oxygen atoms in total. The summed E-state index contributed by atoms with van der Waals surface area (Å²) in [4.78, 5) is 43.1. The van der Waals surface area contributed by atoms with Crippen LogP contribution in [0.1, 0.15) is 12.8 Å². The van der Waals surface area contributed by atoms with E-state index in [-0.39, 0.29) is 18.9 Å². The molecule has 0 fully saturated rings. The highest BCUT2D eigenvalue weighted by atomic mass is 16.6. The van der Waals surface area contributed by atoms with Gasteiger partial charge in [0, 0.05) is 32.0 Å². The third kappa shape index (κ3) is 31.9. The van der Waals surface area contributed by atoms with Gasteiger partial charge in [-0.25, -0.2) is 0 Å². The van der Waals surface area contributed by atoms with Gasteiger partial charge in [-0.05, 0) is 6.08 Å². The summed E-state index contributed by atoms with van der Waals surface area (Å²) in [5.41, 5.74) is 0. The first-order valence-electron chi connectivity index (χ1n) is 13.4. The van der Waals surface area contributed by atoms with Crippen molar-refractivity contribution in [2.24, 2.45) is 0 Å². The lowest BCUT2D eigenvalue weighted by Gasteiger charge is -2.09. The predicted molar refractivity (Wildman–Crippen MR) is 143 cm³/mol. The number of nitrogens with one attached hydrogen (secondary N) is 2. The monoisotopic (exact) mass is 578 g/mol. The molecule has 0 aromatic heterocycles. The molecule has 0 bridgehead atoms. The van der Waals surface area contributed by atoms with Crippen molar-refractivity contribution in [3.63, 3.8) is 0 Å². The first kappa shape index (κ1) is 37.7. The van der Waals surface area contributed by atoms with Crippen molar-refractivity contribution in [1.82, 2.24) is 10.6 Å². The van der Waals surface area contributed by atoms with Crippen LogP contribution in [0.4, 0.5) is 0 Å². The lowest BCUT2D eigenvalue weighted by atomic mass is 10.4. The highest BCUT2D eigenvalue weighted by Crippen LogP contribution is 1.86. The molecule has 0 aliphatic carbocycles. The summed E-state index contributed by atoms with van der Waals surface area (Å²) >= 11 is 0. The minimum atomic E-state index is -0.423. The normalized spacial score (nSPS) is 11.1. The molecule has 0 heterocycles. The molecule has 0 radical (unpaired) electrons. The summed E-state index contributed by atoms with van der Waals surface area (Å²) in [7, 11) is 0. The molecule has 14 heteroatoms. The Labute approximate surface area is 236 Å². The fourth-order valence-corrected chi connectivity index (χ4v) is 2.61. The molecule has 0 aliphatic rings. The van der Waals surface area contributed by atoms with E-state index < -0.39 is 5.91 Å². The van der Waals surface area contributed by atoms with E-state index in [4.69, 9.17) is 37.9 Å². The number of carbonyl (C=O) groups excluding carboxylic acids is 4. The zero-order valence-corrected chi connectivity index (χ0v) is 23.4. The van der Waals surface area contributed by atoms with Gasteiger partial charge in [0.25, 0.3) is 0 Å². The second-order valence-electron chi connectivity index (χ2n) is 7.74. The van der Waals surface area contributed by atoms with Crippen LogP contribution in [0.2, 0.25) is 0 Å². The molecule has 0 saturated heterocycles. The van der Waals surface area contributed by atoms with E-state index >= 15 is 0 Å². The van der Waals surface area contributed by atoms with Crippen LogP contribution >= 0.6 is 0 Å². The summed E-state index contributed by atoms with van der Waals surface area (Å²) in [6.45, 7) is 7.78. The number of amides is 2. The fourth-order valence-electron chi connectivity index (χ4n) is 2.61. The molecule has 0 aromatic rings. The van der Waals surface area contributed by atoms with Crippen molar-refractivity contribution in [3.8, 4) is 0 Å². The van der Waals surface area contributed by atoms with Crippen molar-refractivity contribution in [1.29, 1.82) is 0 Å². The Balaban J connectivity index is 3.16. The topological polar surface area (TPSA) is 166 Å². The van der Waals surface area contributed by atoms with Gasteiger partial charge in [-0.3, -0.25) is 14.4 Å². The molecule has 40 heavy (non-hydrogen) atoms. The molecular formula is C26H46N2O12. The van der Waals surface area contributed by atoms with Gasteiger partial charge in [-0.1, -0.05) is 0 Å². The lowest BCUT2D eigenvalue weighted by molar-refractivity contribution is -0.121. The average Bonchev–Trinajstić information content (AvgIpc) is 2.95. The third-order valence-corrected chi connectivity index (χ3v) is 4.53. The molecule has 0 spiro atoms. The van der Waals surface area contributed by atoms with Crippen LogP contribution in [-0.2, 0) is 57.1 Å². The first-order valence-corrected chi connectivity index (χ1v) is 13.4. The van der Waals surface area contributed by atoms with E-state index in [1.165, 1.54) is 0 Å². The quantitative estimate of drug-likeness (QED) is 0.0574. The van der Waals surface area contributed by atoms with Gasteiger partial charge < -0.3 is 53.3 Å². The fraction of sp³-hybridized carbons (Fsp3) is 0.769. The van der Waals surface area contributed by atoms with Crippen molar-refractivity contribution in [2.75, 3.05) is 119 Å². The summed E-state index contributed by atoms with van der Waals surface area (Å²) < 4.78 is 42.9. The highest BCUT2D eigenvalue weighted by molar-refractivity contribution is 5.91. The van der Waals surface area contributed by atoms with Crippen LogP contribution in [0.3, 0.4) is 0 Å². The van der Waals surface area contributed by atoms with Gasteiger partial charge in [-0.15, -0.1) is 0 Å². The van der Waals surface area contributed by atoms with E-state index in [2.05, 4.69) is 10.6 Å². The van der Waals surface area contributed by atoms with Crippen LogP contribution in [0.5, 0.6) is 0 Å². The lowest BCUT2D eigenvalue weighted by Crippen LogP contribution is -2.31. The maximum absolute atomic E-state index is 11.6. The molecule has 0 unspecified atom stereocenters. The Kier molecular flexibility index (Phi) is 31.0. The van der Waals surface area contributed by atoms with Crippen LogP contribution < -0.4 is 10.6 Å². The minimum absolute atomic E-state index is 0.138. The van der Waals surface area contributed by atoms with Crippen molar-refractivity contribution < 1.29 is 57.1 Å².